The van der Waals surface area contributed by atoms with Gasteiger partial charge in [0.25, 0.3) is 5.91 Å². The van der Waals surface area contributed by atoms with Gasteiger partial charge in [-0.1, -0.05) is 12.1 Å². The fourth-order valence-electron chi connectivity index (χ4n) is 3.12. The zero-order chi connectivity index (χ0) is 19.9. The Labute approximate surface area is 163 Å². The predicted octanol–water partition coefficient (Wildman–Crippen LogP) is 2.65. The largest absolute Gasteiger partial charge is 0.457 e. The van der Waals surface area contributed by atoms with Gasteiger partial charge in [0, 0.05) is 13.7 Å². The monoisotopic (exact) mass is 388 g/mol. The first-order chi connectivity index (χ1) is 13.6. The van der Waals surface area contributed by atoms with Crippen LogP contribution in [0, 0.1) is 5.82 Å². The fourth-order valence-corrected chi connectivity index (χ4v) is 3.12. The molecule has 1 amide bonds. The van der Waals surface area contributed by atoms with Crippen LogP contribution in [0.25, 0.3) is 0 Å². The highest BCUT2D eigenvalue weighted by Crippen LogP contribution is 2.24. The topological polar surface area (TPSA) is 82.8 Å². The smallest absolute Gasteiger partial charge is 0.254 e. The average molecular weight is 388 g/mol. The van der Waals surface area contributed by atoms with Gasteiger partial charge in [-0.15, -0.1) is 0 Å². The average Bonchev–Trinajstić information content (AvgIpc) is 2.71. The lowest BCUT2D eigenvalue weighted by molar-refractivity contribution is -0.0479. The number of benzene rings is 2. The zero-order valence-corrected chi connectivity index (χ0v) is 15.8. The molecule has 2 atom stereocenters. The van der Waals surface area contributed by atoms with Crippen LogP contribution in [0.15, 0.2) is 42.5 Å². The number of hydrogen-bond donors (Lipinski definition) is 2. The predicted molar refractivity (Wildman–Crippen MR) is 103 cm³/mol. The number of methoxy groups -OCH3 is 1. The first-order valence-electron chi connectivity index (χ1n) is 9.28. The summed E-state index contributed by atoms with van der Waals surface area (Å²) in [7, 11) is 1.56. The quantitative estimate of drug-likeness (QED) is 0.762. The molecule has 0 radical (unpaired) electrons. The van der Waals surface area contributed by atoms with Gasteiger partial charge >= 0.3 is 0 Å². The van der Waals surface area contributed by atoms with Crippen molar-refractivity contribution in [3.05, 3.63) is 59.4 Å². The number of ether oxygens (including phenoxy) is 3. The molecule has 1 heterocycles. The van der Waals surface area contributed by atoms with Gasteiger partial charge in [0.05, 0.1) is 18.2 Å². The molecule has 1 aliphatic rings. The molecule has 28 heavy (non-hydrogen) atoms. The molecule has 0 spiro atoms. The molecular formula is C21H25FN2O4. The molecule has 3 N–H and O–H groups in total. The second-order valence-electron chi connectivity index (χ2n) is 6.64. The van der Waals surface area contributed by atoms with Gasteiger partial charge in [0.15, 0.2) is 0 Å². The Kier molecular flexibility index (Phi) is 6.97. The van der Waals surface area contributed by atoms with Crippen molar-refractivity contribution in [3.63, 3.8) is 0 Å². The van der Waals surface area contributed by atoms with Crippen molar-refractivity contribution in [1.82, 2.24) is 5.32 Å². The lowest BCUT2D eigenvalue weighted by Gasteiger charge is -2.31. The molecule has 0 unspecified atom stereocenters. The first kappa shape index (κ1) is 20.3. The summed E-state index contributed by atoms with van der Waals surface area (Å²) in [4.78, 5) is 12.6. The van der Waals surface area contributed by atoms with Crippen LogP contribution in [0.2, 0.25) is 0 Å². The minimum atomic E-state index is -0.607. The highest BCUT2D eigenvalue weighted by molar-refractivity contribution is 5.95. The van der Waals surface area contributed by atoms with Crippen molar-refractivity contribution < 1.29 is 23.4 Å². The lowest BCUT2D eigenvalue weighted by atomic mass is 10.0. The molecule has 7 heteroatoms. The number of rotatable bonds is 7. The number of carbonyl (C=O) groups is 1. The molecule has 3 rings (SSSR count). The Morgan fingerprint density at radius 1 is 1.25 bits per heavy atom. The summed E-state index contributed by atoms with van der Waals surface area (Å²) < 4.78 is 30.7. The standard InChI is InChI=1S/C21H25FN2O4/c1-26-20-13-27-11-9-19(20)24-21(25)17-12-16(6-7-18(17)22)28-15-4-2-14(3-5-15)8-10-23/h2-7,12,19-20H,8-11,13,23H2,1H3,(H,24,25)/t19-,20-/m0/s1. The normalized spacial score (nSPS) is 19.2. The van der Waals surface area contributed by atoms with Gasteiger partial charge in [-0.05, 0) is 55.3 Å². The minimum absolute atomic E-state index is 0.0707. The maximum absolute atomic E-state index is 14.2. The van der Waals surface area contributed by atoms with E-state index < -0.39 is 11.7 Å². The second kappa shape index (κ2) is 9.64. The van der Waals surface area contributed by atoms with E-state index in [9.17, 15) is 9.18 Å². The van der Waals surface area contributed by atoms with Crippen LogP contribution in [0.3, 0.4) is 0 Å². The summed E-state index contributed by atoms with van der Waals surface area (Å²) >= 11 is 0. The molecule has 0 aromatic heterocycles. The third kappa shape index (κ3) is 5.07. The highest BCUT2D eigenvalue weighted by atomic mass is 19.1. The Bertz CT molecular complexity index is 797. The molecule has 1 fully saturated rings. The molecule has 0 bridgehead atoms. The van der Waals surface area contributed by atoms with E-state index >= 15 is 0 Å². The maximum Gasteiger partial charge on any atom is 0.254 e. The van der Waals surface area contributed by atoms with Crippen molar-refractivity contribution in [2.45, 2.75) is 25.0 Å². The van der Waals surface area contributed by atoms with Crippen LogP contribution in [-0.2, 0) is 15.9 Å². The van der Waals surface area contributed by atoms with Crippen LogP contribution in [0.4, 0.5) is 4.39 Å². The van der Waals surface area contributed by atoms with Crippen molar-refractivity contribution in [1.29, 1.82) is 0 Å². The number of nitrogens with two attached hydrogens (primary N) is 1. The fraction of sp³-hybridized carbons (Fsp3) is 0.381. The molecule has 150 valence electrons. The van der Waals surface area contributed by atoms with Crippen LogP contribution in [0.5, 0.6) is 11.5 Å². The van der Waals surface area contributed by atoms with Crippen LogP contribution in [0.1, 0.15) is 22.3 Å². The minimum Gasteiger partial charge on any atom is -0.457 e. The Balaban J connectivity index is 1.70. The van der Waals surface area contributed by atoms with Gasteiger partial charge in [0.2, 0.25) is 0 Å². The van der Waals surface area contributed by atoms with Crippen molar-refractivity contribution in [2.24, 2.45) is 5.73 Å². The van der Waals surface area contributed by atoms with Crippen molar-refractivity contribution in [3.8, 4) is 11.5 Å². The Hall–Kier alpha value is -2.48. The summed E-state index contributed by atoms with van der Waals surface area (Å²) in [5, 5.41) is 2.84. The van der Waals surface area contributed by atoms with Crippen LogP contribution < -0.4 is 15.8 Å². The van der Waals surface area contributed by atoms with E-state index in [2.05, 4.69) is 5.32 Å². The van der Waals surface area contributed by atoms with Gasteiger partial charge < -0.3 is 25.3 Å². The third-order valence-electron chi connectivity index (χ3n) is 4.70. The van der Waals surface area contributed by atoms with Gasteiger partial charge in [0.1, 0.15) is 23.4 Å². The van der Waals surface area contributed by atoms with E-state index in [0.29, 0.717) is 37.7 Å². The van der Waals surface area contributed by atoms with Crippen molar-refractivity contribution in [2.75, 3.05) is 26.9 Å². The molecule has 1 saturated heterocycles. The maximum atomic E-state index is 14.2. The summed E-state index contributed by atoms with van der Waals surface area (Å²) in [6.45, 7) is 1.50. The SMILES string of the molecule is CO[C@H]1COCC[C@@H]1NC(=O)c1cc(Oc2ccc(CCN)cc2)ccc1F. The molecule has 2 aromatic rings. The Morgan fingerprint density at radius 3 is 2.71 bits per heavy atom. The summed E-state index contributed by atoms with van der Waals surface area (Å²) in [5.74, 6) is -0.129. The van der Waals surface area contributed by atoms with Crippen molar-refractivity contribution >= 4 is 5.91 Å². The number of carbonyl (C=O) groups excluding carboxylic acids is 1. The molecular weight excluding hydrogens is 363 g/mol. The number of halogens is 1. The number of hydrogen-bond acceptors (Lipinski definition) is 5. The van der Waals surface area contributed by atoms with E-state index in [0.717, 1.165) is 12.0 Å². The number of nitrogens with one attached hydrogen (secondary N) is 1. The summed E-state index contributed by atoms with van der Waals surface area (Å²) in [6, 6.07) is 11.4. The van der Waals surface area contributed by atoms with Gasteiger partial charge in [-0.3, -0.25) is 4.79 Å². The zero-order valence-electron chi connectivity index (χ0n) is 15.8. The lowest BCUT2D eigenvalue weighted by Crippen LogP contribution is -2.49. The molecule has 1 aliphatic heterocycles. The summed E-state index contributed by atoms with van der Waals surface area (Å²) in [5.41, 5.74) is 6.59. The molecule has 0 saturated carbocycles. The first-order valence-corrected chi connectivity index (χ1v) is 9.28. The third-order valence-corrected chi connectivity index (χ3v) is 4.70. The van der Waals surface area contributed by atoms with E-state index in [1.165, 1.54) is 18.2 Å². The Morgan fingerprint density at radius 2 is 2.00 bits per heavy atom. The van der Waals surface area contributed by atoms with E-state index in [1.807, 2.05) is 24.3 Å². The van der Waals surface area contributed by atoms with E-state index in [1.54, 1.807) is 7.11 Å². The van der Waals surface area contributed by atoms with Crippen LogP contribution in [-0.4, -0.2) is 44.9 Å². The molecule has 2 aromatic carbocycles. The molecule has 0 aliphatic carbocycles. The summed E-state index contributed by atoms with van der Waals surface area (Å²) in [6.07, 6.45) is 1.14. The van der Waals surface area contributed by atoms with E-state index in [4.69, 9.17) is 19.9 Å². The van der Waals surface area contributed by atoms with Crippen LogP contribution >= 0.6 is 0 Å². The molecule has 6 nitrogen and oxygen atoms in total. The highest BCUT2D eigenvalue weighted by Gasteiger charge is 2.28. The number of amides is 1. The van der Waals surface area contributed by atoms with Gasteiger partial charge in [-0.25, -0.2) is 4.39 Å². The second-order valence-corrected chi connectivity index (χ2v) is 6.64. The van der Waals surface area contributed by atoms with E-state index in [-0.39, 0.29) is 17.7 Å². The van der Waals surface area contributed by atoms with Gasteiger partial charge in [-0.2, -0.15) is 0 Å².